The fraction of sp³-hybridized carbons (Fsp3) is 0.625. The fourth-order valence-electron chi connectivity index (χ4n) is 3.11. The lowest BCUT2D eigenvalue weighted by Crippen LogP contribution is -2.51. The number of nitrogens with zero attached hydrogens (tertiary/aromatic N) is 2. The van der Waals surface area contributed by atoms with E-state index in [4.69, 9.17) is 0 Å². The number of likely N-dealkylation sites (N-methyl/N-ethyl adjacent to an activating group) is 1. The molecular formula is C16H26FN3. The number of piperazine rings is 1. The van der Waals surface area contributed by atoms with Gasteiger partial charge in [-0.05, 0) is 39.6 Å². The Hall–Kier alpha value is -1.13. The monoisotopic (exact) mass is 279 g/mol. The lowest BCUT2D eigenvalue weighted by atomic mass is 10.0. The Morgan fingerprint density at radius 1 is 1.40 bits per heavy atom. The van der Waals surface area contributed by atoms with Crippen molar-refractivity contribution in [3.8, 4) is 0 Å². The molecule has 2 atom stereocenters. The van der Waals surface area contributed by atoms with E-state index in [-0.39, 0.29) is 11.9 Å². The minimum absolute atomic E-state index is 0.0306. The van der Waals surface area contributed by atoms with E-state index in [9.17, 15) is 4.39 Å². The quantitative estimate of drug-likeness (QED) is 0.914. The van der Waals surface area contributed by atoms with Crippen molar-refractivity contribution >= 4 is 5.69 Å². The third kappa shape index (κ3) is 3.13. The van der Waals surface area contributed by atoms with Crippen LogP contribution in [0.2, 0.25) is 0 Å². The summed E-state index contributed by atoms with van der Waals surface area (Å²) in [5, 5.41) is 3.33. The van der Waals surface area contributed by atoms with Crippen LogP contribution in [0, 0.1) is 5.82 Å². The zero-order valence-corrected chi connectivity index (χ0v) is 13.0. The summed E-state index contributed by atoms with van der Waals surface area (Å²) in [6.07, 6.45) is 0. The van der Waals surface area contributed by atoms with Gasteiger partial charge in [0, 0.05) is 43.0 Å². The largest absolute Gasteiger partial charge is 0.366 e. The first kappa shape index (κ1) is 15.3. The number of halogens is 1. The number of nitrogens with one attached hydrogen (secondary N) is 1. The fourth-order valence-corrected chi connectivity index (χ4v) is 3.11. The van der Waals surface area contributed by atoms with Crippen LogP contribution >= 0.6 is 0 Å². The zero-order chi connectivity index (χ0) is 14.7. The maximum Gasteiger partial charge on any atom is 0.130 e. The van der Waals surface area contributed by atoms with Gasteiger partial charge in [0.05, 0.1) is 0 Å². The molecule has 0 radical (unpaired) electrons. The minimum atomic E-state index is -0.109. The highest BCUT2D eigenvalue weighted by Gasteiger charge is 2.26. The van der Waals surface area contributed by atoms with E-state index < -0.39 is 0 Å². The van der Waals surface area contributed by atoms with Crippen molar-refractivity contribution in [3.63, 3.8) is 0 Å². The highest BCUT2D eigenvalue weighted by atomic mass is 19.1. The molecule has 4 heteroatoms. The molecule has 20 heavy (non-hydrogen) atoms. The first-order valence-corrected chi connectivity index (χ1v) is 7.51. The van der Waals surface area contributed by atoms with E-state index in [1.807, 2.05) is 19.1 Å². The van der Waals surface area contributed by atoms with Crippen molar-refractivity contribution < 1.29 is 4.39 Å². The molecule has 1 aliphatic rings. The number of hydrogen-bond donors (Lipinski definition) is 1. The molecule has 1 aliphatic heterocycles. The average molecular weight is 279 g/mol. The van der Waals surface area contributed by atoms with Gasteiger partial charge in [0.15, 0.2) is 0 Å². The lowest BCUT2D eigenvalue weighted by Gasteiger charge is -2.41. The van der Waals surface area contributed by atoms with Crippen molar-refractivity contribution in [3.05, 3.63) is 29.6 Å². The van der Waals surface area contributed by atoms with Crippen molar-refractivity contribution in [2.75, 3.05) is 38.1 Å². The van der Waals surface area contributed by atoms with E-state index in [2.05, 4.69) is 36.0 Å². The second-order valence-corrected chi connectivity index (χ2v) is 5.76. The molecule has 1 fully saturated rings. The summed E-state index contributed by atoms with van der Waals surface area (Å²) >= 11 is 0. The van der Waals surface area contributed by atoms with Crippen molar-refractivity contribution in [1.82, 2.24) is 10.2 Å². The highest BCUT2D eigenvalue weighted by Crippen LogP contribution is 2.31. The zero-order valence-electron chi connectivity index (χ0n) is 13.0. The summed E-state index contributed by atoms with van der Waals surface area (Å²) < 4.78 is 14.3. The van der Waals surface area contributed by atoms with Gasteiger partial charge in [0.2, 0.25) is 0 Å². The van der Waals surface area contributed by atoms with E-state index in [1.54, 1.807) is 6.07 Å². The third-order valence-electron chi connectivity index (χ3n) is 4.11. The van der Waals surface area contributed by atoms with Gasteiger partial charge in [-0.1, -0.05) is 13.0 Å². The SMILES string of the molecule is CCNC(C)c1c(F)cccc1N1CCN(C)CC1C. The molecule has 0 aliphatic carbocycles. The molecule has 112 valence electrons. The van der Waals surface area contributed by atoms with Gasteiger partial charge >= 0.3 is 0 Å². The van der Waals surface area contributed by atoms with Crippen molar-refractivity contribution in [2.45, 2.75) is 32.9 Å². The topological polar surface area (TPSA) is 18.5 Å². The molecule has 0 aromatic heterocycles. The molecule has 0 saturated carbocycles. The van der Waals surface area contributed by atoms with Crippen molar-refractivity contribution in [1.29, 1.82) is 0 Å². The summed E-state index contributed by atoms with van der Waals surface area (Å²) in [5.74, 6) is -0.109. The maximum atomic E-state index is 14.3. The Morgan fingerprint density at radius 2 is 2.15 bits per heavy atom. The molecule has 1 aromatic rings. The first-order chi connectivity index (χ1) is 9.54. The molecule has 3 nitrogen and oxygen atoms in total. The van der Waals surface area contributed by atoms with Gasteiger partial charge in [-0.3, -0.25) is 0 Å². The van der Waals surface area contributed by atoms with Gasteiger partial charge in [-0.25, -0.2) is 4.39 Å². The van der Waals surface area contributed by atoms with E-state index in [0.717, 1.165) is 37.4 Å². The van der Waals surface area contributed by atoms with Crippen LogP contribution in [0.1, 0.15) is 32.4 Å². The van der Waals surface area contributed by atoms with Gasteiger partial charge in [0.25, 0.3) is 0 Å². The number of rotatable bonds is 4. The number of benzene rings is 1. The number of anilines is 1. The van der Waals surface area contributed by atoms with E-state index in [1.165, 1.54) is 0 Å². The Labute approximate surface area is 121 Å². The molecule has 0 bridgehead atoms. The molecule has 2 rings (SSSR count). The Bertz CT molecular complexity index is 449. The van der Waals surface area contributed by atoms with Crippen LogP contribution in [0.5, 0.6) is 0 Å². The molecule has 1 saturated heterocycles. The van der Waals surface area contributed by atoms with Crippen LogP contribution in [0.15, 0.2) is 18.2 Å². The highest BCUT2D eigenvalue weighted by molar-refractivity contribution is 5.56. The van der Waals surface area contributed by atoms with Gasteiger partial charge < -0.3 is 15.1 Å². The average Bonchev–Trinajstić information content (AvgIpc) is 2.38. The Morgan fingerprint density at radius 3 is 2.80 bits per heavy atom. The second-order valence-electron chi connectivity index (χ2n) is 5.76. The molecule has 0 spiro atoms. The second kappa shape index (κ2) is 6.55. The van der Waals surface area contributed by atoms with Crippen LogP contribution in [0.3, 0.4) is 0 Å². The van der Waals surface area contributed by atoms with Crippen LogP contribution in [0.4, 0.5) is 10.1 Å². The van der Waals surface area contributed by atoms with E-state index in [0.29, 0.717) is 6.04 Å². The first-order valence-electron chi connectivity index (χ1n) is 7.51. The summed E-state index contributed by atoms with van der Waals surface area (Å²) in [7, 11) is 2.14. The standard InChI is InChI=1S/C16H26FN3/c1-5-18-13(3)16-14(17)7-6-8-15(16)20-10-9-19(4)11-12(20)2/h6-8,12-13,18H,5,9-11H2,1-4H3. The molecule has 1 aromatic carbocycles. The van der Waals surface area contributed by atoms with Gasteiger partial charge in [0.1, 0.15) is 5.82 Å². The summed E-state index contributed by atoms with van der Waals surface area (Å²) in [6, 6.07) is 5.87. The molecule has 2 unspecified atom stereocenters. The smallest absolute Gasteiger partial charge is 0.130 e. The molecule has 0 amide bonds. The maximum absolute atomic E-state index is 14.3. The van der Waals surface area contributed by atoms with Gasteiger partial charge in [-0.15, -0.1) is 0 Å². The number of hydrogen-bond acceptors (Lipinski definition) is 3. The Kier molecular flexibility index (Phi) is 5.00. The predicted molar refractivity (Wildman–Crippen MR) is 82.8 cm³/mol. The normalized spacial score (nSPS) is 22.1. The minimum Gasteiger partial charge on any atom is -0.366 e. The van der Waals surface area contributed by atoms with E-state index >= 15 is 0 Å². The predicted octanol–water partition coefficient (Wildman–Crippen LogP) is 2.64. The summed E-state index contributed by atoms with van der Waals surface area (Å²) in [4.78, 5) is 4.67. The summed E-state index contributed by atoms with van der Waals surface area (Å²) in [6.45, 7) is 10.1. The summed E-state index contributed by atoms with van der Waals surface area (Å²) in [5.41, 5.74) is 1.84. The van der Waals surface area contributed by atoms with Crippen LogP contribution in [-0.4, -0.2) is 44.2 Å². The third-order valence-corrected chi connectivity index (χ3v) is 4.11. The van der Waals surface area contributed by atoms with Crippen LogP contribution < -0.4 is 10.2 Å². The lowest BCUT2D eigenvalue weighted by molar-refractivity contribution is 0.275. The van der Waals surface area contributed by atoms with Crippen LogP contribution in [0.25, 0.3) is 0 Å². The molecular weight excluding hydrogens is 253 g/mol. The van der Waals surface area contributed by atoms with Gasteiger partial charge in [-0.2, -0.15) is 0 Å². The van der Waals surface area contributed by atoms with Crippen molar-refractivity contribution in [2.24, 2.45) is 0 Å². The van der Waals surface area contributed by atoms with Crippen LogP contribution in [-0.2, 0) is 0 Å². The Balaban J connectivity index is 2.33. The molecule has 1 heterocycles. The molecule has 1 N–H and O–H groups in total.